The van der Waals surface area contributed by atoms with E-state index in [4.69, 9.17) is 5.73 Å². The fraction of sp³-hybridized carbons (Fsp3) is 0.206. The van der Waals surface area contributed by atoms with Crippen molar-refractivity contribution in [3.8, 4) is 11.1 Å². The second kappa shape index (κ2) is 13.5. The van der Waals surface area contributed by atoms with E-state index in [0.717, 1.165) is 45.1 Å². The van der Waals surface area contributed by atoms with Gasteiger partial charge in [0.2, 0.25) is 5.91 Å². The topological polar surface area (TPSA) is 104 Å². The maximum Gasteiger partial charge on any atom is 0.251 e. The second-order valence-electron chi connectivity index (χ2n) is 10.1. The number of para-hydroxylation sites is 1. The predicted molar refractivity (Wildman–Crippen MR) is 163 cm³/mol. The maximum atomic E-state index is 13.6. The summed E-state index contributed by atoms with van der Waals surface area (Å²) >= 11 is 0. The monoisotopic (exact) mass is 545 g/mol. The van der Waals surface area contributed by atoms with Gasteiger partial charge in [-0.3, -0.25) is 14.6 Å². The summed E-state index contributed by atoms with van der Waals surface area (Å²) in [4.78, 5) is 35.4. The molecule has 0 saturated heterocycles. The number of hydrogen-bond donors (Lipinski definition) is 3. The molecular weight excluding hydrogens is 510 g/mol. The molecule has 0 spiro atoms. The molecule has 2 amide bonds. The van der Waals surface area contributed by atoms with Crippen molar-refractivity contribution in [3.63, 3.8) is 0 Å². The zero-order valence-electron chi connectivity index (χ0n) is 23.1. The molecule has 5 aromatic rings. The first kappa shape index (κ1) is 27.8. The molecule has 7 nitrogen and oxygen atoms in total. The van der Waals surface area contributed by atoms with Crippen molar-refractivity contribution in [1.82, 2.24) is 20.2 Å². The molecule has 41 heavy (non-hydrogen) atoms. The Bertz CT molecular complexity index is 1610. The molecule has 0 unspecified atom stereocenters. The van der Waals surface area contributed by atoms with Crippen molar-refractivity contribution in [3.05, 3.63) is 126 Å². The lowest BCUT2D eigenvalue weighted by molar-refractivity contribution is -0.131. The lowest BCUT2D eigenvalue weighted by Crippen LogP contribution is -2.32. The summed E-state index contributed by atoms with van der Waals surface area (Å²) < 4.78 is 0. The minimum Gasteiger partial charge on any atom is -0.361 e. The van der Waals surface area contributed by atoms with Crippen LogP contribution in [0.3, 0.4) is 0 Å². The van der Waals surface area contributed by atoms with Gasteiger partial charge in [-0.2, -0.15) is 0 Å². The number of aromatic amines is 1. The number of aromatic nitrogens is 2. The van der Waals surface area contributed by atoms with Gasteiger partial charge >= 0.3 is 0 Å². The van der Waals surface area contributed by atoms with Crippen LogP contribution in [-0.4, -0.2) is 46.3 Å². The maximum absolute atomic E-state index is 13.6. The Morgan fingerprint density at radius 3 is 2.46 bits per heavy atom. The Hall–Kier alpha value is -4.75. The Balaban J connectivity index is 1.32. The van der Waals surface area contributed by atoms with Gasteiger partial charge in [0.25, 0.3) is 5.91 Å². The Morgan fingerprint density at radius 2 is 1.63 bits per heavy atom. The van der Waals surface area contributed by atoms with Crippen LogP contribution in [0.5, 0.6) is 0 Å². The number of benzene rings is 3. The molecule has 5 rings (SSSR count). The van der Waals surface area contributed by atoms with Crippen molar-refractivity contribution in [2.45, 2.75) is 25.8 Å². The second-order valence-corrected chi connectivity index (χ2v) is 10.1. The zero-order chi connectivity index (χ0) is 28.4. The SMILES string of the molecule is NCCNC(=O)c1cccc(-c2cccc(CN(CCc3ccncc3)C(=O)CCc3c[nH]c4ccccc34)c2)c1. The predicted octanol–water partition coefficient (Wildman–Crippen LogP) is 5.12. The van der Waals surface area contributed by atoms with E-state index in [0.29, 0.717) is 44.6 Å². The standard InChI is InChI=1S/C34H35N5O2/c35-16-19-37-34(41)29-8-4-7-28(22-29)27-6-3-5-26(21-27)24-39(20-15-25-13-17-36-18-14-25)33(40)12-11-30-23-38-32-10-2-1-9-31(30)32/h1-10,13-14,17-18,21-23,38H,11-12,15-16,19-20,24,35H2,(H,37,41). The molecule has 4 N–H and O–H groups in total. The fourth-order valence-electron chi connectivity index (χ4n) is 5.04. The van der Waals surface area contributed by atoms with Crippen molar-refractivity contribution in [2.75, 3.05) is 19.6 Å². The molecule has 0 radical (unpaired) electrons. The Labute approximate surface area is 240 Å². The summed E-state index contributed by atoms with van der Waals surface area (Å²) in [6.07, 6.45) is 7.43. The summed E-state index contributed by atoms with van der Waals surface area (Å²) in [5.41, 5.74) is 12.5. The van der Waals surface area contributed by atoms with Crippen molar-refractivity contribution >= 4 is 22.7 Å². The Morgan fingerprint density at radius 1 is 0.854 bits per heavy atom. The highest BCUT2D eigenvalue weighted by atomic mass is 16.2. The van der Waals surface area contributed by atoms with Crippen LogP contribution in [0.15, 0.2) is 104 Å². The van der Waals surface area contributed by atoms with E-state index in [1.165, 1.54) is 0 Å². The van der Waals surface area contributed by atoms with Crippen LogP contribution >= 0.6 is 0 Å². The molecule has 0 aliphatic carbocycles. The Kier molecular flexibility index (Phi) is 9.19. The van der Waals surface area contributed by atoms with Gasteiger partial charge < -0.3 is 20.9 Å². The molecular formula is C34H35N5O2. The van der Waals surface area contributed by atoms with Crippen LogP contribution in [0.2, 0.25) is 0 Å². The number of amides is 2. The molecule has 2 heterocycles. The molecule has 3 aromatic carbocycles. The molecule has 2 aromatic heterocycles. The van der Waals surface area contributed by atoms with Crippen molar-refractivity contribution < 1.29 is 9.59 Å². The number of carbonyl (C=O) groups is 2. The molecule has 0 aliphatic rings. The summed E-state index contributed by atoms with van der Waals surface area (Å²) in [5.74, 6) is -0.0233. The zero-order valence-corrected chi connectivity index (χ0v) is 23.1. The number of hydrogen-bond acceptors (Lipinski definition) is 4. The highest BCUT2D eigenvalue weighted by Gasteiger charge is 2.16. The fourth-order valence-corrected chi connectivity index (χ4v) is 5.04. The lowest BCUT2D eigenvalue weighted by Gasteiger charge is -2.23. The first-order valence-corrected chi connectivity index (χ1v) is 14.0. The van der Waals surface area contributed by atoms with Gasteiger partial charge in [-0.05, 0) is 77.1 Å². The first-order chi connectivity index (χ1) is 20.1. The molecule has 0 aliphatic heterocycles. The average Bonchev–Trinajstić information content (AvgIpc) is 3.44. The highest BCUT2D eigenvalue weighted by molar-refractivity contribution is 5.95. The largest absolute Gasteiger partial charge is 0.361 e. The average molecular weight is 546 g/mol. The molecule has 0 saturated carbocycles. The van der Waals surface area contributed by atoms with Crippen molar-refractivity contribution in [2.24, 2.45) is 5.73 Å². The van der Waals surface area contributed by atoms with Crippen LogP contribution in [0.4, 0.5) is 0 Å². The van der Waals surface area contributed by atoms with Gasteiger partial charge in [0.15, 0.2) is 0 Å². The van der Waals surface area contributed by atoms with E-state index in [2.05, 4.69) is 33.5 Å². The number of nitrogens with two attached hydrogens (primary N) is 1. The molecule has 0 atom stereocenters. The highest BCUT2D eigenvalue weighted by Crippen LogP contribution is 2.24. The smallest absolute Gasteiger partial charge is 0.251 e. The van der Waals surface area contributed by atoms with E-state index in [-0.39, 0.29) is 11.8 Å². The number of rotatable bonds is 12. The molecule has 0 bridgehead atoms. The third-order valence-corrected chi connectivity index (χ3v) is 7.24. The van der Waals surface area contributed by atoms with Crippen LogP contribution in [0.25, 0.3) is 22.0 Å². The number of nitrogens with zero attached hydrogens (tertiary/aromatic N) is 2. The minimum atomic E-state index is -0.142. The number of nitrogens with one attached hydrogen (secondary N) is 2. The minimum absolute atomic E-state index is 0.119. The van der Waals surface area contributed by atoms with Gasteiger partial charge in [-0.1, -0.05) is 48.5 Å². The third-order valence-electron chi connectivity index (χ3n) is 7.24. The first-order valence-electron chi connectivity index (χ1n) is 14.0. The van der Waals surface area contributed by atoms with Crippen LogP contribution in [0, 0.1) is 0 Å². The van der Waals surface area contributed by atoms with E-state index in [1.54, 1.807) is 18.5 Å². The van der Waals surface area contributed by atoms with Crippen LogP contribution in [-0.2, 0) is 24.2 Å². The van der Waals surface area contributed by atoms with Gasteiger partial charge in [-0.25, -0.2) is 0 Å². The number of carbonyl (C=O) groups excluding carboxylic acids is 2. The number of aryl methyl sites for hydroxylation is 1. The third kappa shape index (κ3) is 7.26. The molecule has 7 heteroatoms. The number of H-pyrrole nitrogens is 1. The quantitative estimate of drug-likeness (QED) is 0.202. The van der Waals surface area contributed by atoms with Crippen LogP contribution in [0.1, 0.15) is 33.5 Å². The van der Waals surface area contributed by atoms with Gasteiger partial charge in [0, 0.05) is 67.7 Å². The van der Waals surface area contributed by atoms with E-state index < -0.39 is 0 Å². The van der Waals surface area contributed by atoms with E-state index in [1.807, 2.05) is 71.8 Å². The van der Waals surface area contributed by atoms with Crippen molar-refractivity contribution in [1.29, 1.82) is 0 Å². The van der Waals surface area contributed by atoms with Gasteiger partial charge in [-0.15, -0.1) is 0 Å². The normalized spacial score (nSPS) is 11.0. The van der Waals surface area contributed by atoms with Gasteiger partial charge in [0.05, 0.1) is 0 Å². The summed E-state index contributed by atoms with van der Waals surface area (Å²) in [6.45, 7) is 1.94. The summed E-state index contributed by atoms with van der Waals surface area (Å²) in [5, 5.41) is 3.98. The number of pyridine rings is 1. The molecule has 208 valence electrons. The van der Waals surface area contributed by atoms with Gasteiger partial charge in [0.1, 0.15) is 0 Å². The number of fused-ring (bicyclic) bond motifs is 1. The summed E-state index contributed by atoms with van der Waals surface area (Å²) in [6, 6.07) is 27.9. The van der Waals surface area contributed by atoms with E-state index >= 15 is 0 Å². The lowest BCUT2D eigenvalue weighted by atomic mass is 10.0. The molecule has 0 fully saturated rings. The van der Waals surface area contributed by atoms with E-state index in [9.17, 15) is 9.59 Å². The summed E-state index contributed by atoms with van der Waals surface area (Å²) in [7, 11) is 0. The van der Waals surface area contributed by atoms with Crippen LogP contribution < -0.4 is 11.1 Å².